The molecule has 3 aliphatic heterocycles. The maximum Gasteiger partial charge on any atom is 0.230 e. The molecule has 2 bridgehead atoms. The van der Waals surface area contributed by atoms with Gasteiger partial charge in [0.1, 0.15) is 5.60 Å². The lowest BCUT2D eigenvalue weighted by Crippen LogP contribution is -2.45. The van der Waals surface area contributed by atoms with Gasteiger partial charge in [-0.05, 0) is 37.0 Å². The summed E-state index contributed by atoms with van der Waals surface area (Å²) in [5, 5.41) is 3.04. The first kappa shape index (κ1) is 20.4. The van der Waals surface area contributed by atoms with Gasteiger partial charge >= 0.3 is 0 Å². The van der Waals surface area contributed by atoms with Gasteiger partial charge in [-0.1, -0.05) is 31.1 Å². The summed E-state index contributed by atoms with van der Waals surface area (Å²) in [6.45, 7) is 1.07. The summed E-state index contributed by atoms with van der Waals surface area (Å²) in [4.78, 5) is 28.4. The Labute approximate surface area is 182 Å². The van der Waals surface area contributed by atoms with Crippen LogP contribution in [0.5, 0.6) is 11.5 Å². The normalized spacial score (nSPS) is 31.4. The maximum atomic E-state index is 13.3. The van der Waals surface area contributed by atoms with Gasteiger partial charge in [0, 0.05) is 12.6 Å². The van der Waals surface area contributed by atoms with E-state index in [2.05, 4.69) is 5.32 Å². The second-order valence-corrected chi connectivity index (χ2v) is 9.03. The predicted molar refractivity (Wildman–Crippen MR) is 114 cm³/mol. The van der Waals surface area contributed by atoms with E-state index in [1.54, 1.807) is 14.2 Å². The molecular weight excluding hydrogens is 396 g/mol. The molecule has 0 radical (unpaired) electrons. The van der Waals surface area contributed by atoms with Crippen molar-refractivity contribution in [2.45, 2.75) is 49.9 Å². The molecule has 4 atom stereocenters. The van der Waals surface area contributed by atoms with Gasteiger partial charge in [0.25, 0.3) is 0 Å². The van der Waals surface area contributed by atoms with Gasteiger partial charge in [-0.2, -0.15) is 0 Å². The number of nitrogens with zero attached hydrogens (tertiary/aromatic N) is 1. The number of carbonyl (C=O) groups is 2. The molecule has 1 aromatic carbocycles. The van der Waals surface area contributed by atoms with Gasteiger partial charge in [-0.3, -0.25) is 9.59 Å². The lowest BCUT2D eigenvalue weighted by Gasteiger charge is -2.27. The molecule has 166 valence electrons. The van der Waals surface area contributed by atoms with Gasteiger partial charge in [0.05, 0.1) is 38.7 Å². The summed E-state index contributed by atoms with van der Waals surface area (Å²) in [6, 6.07) is 6.05. The van der Waals surface area contributed by atoms with E-state index in [1.165, 1.54) is 12.8 Å². The van der Waals surface area contributed by atoms with Crippen molar-refractivity contribution >= 4 is 11.8 Å². The SMILES string of the molecule is COc1ccc(CCNC(=O)[C@@H]2[C@H]3C(=O)N(C4CCCC4)C[C@]34C=C[C@H]2O4)cc1OC. The Morgan fingerprint density at radius 3 is 2.74 bits per heavy atom. The summed E-state index contributed by atoms with van der Waals surface area (Å²) >= 11 is 0. The number of hydrogen-bond acceptors (Lipinski definition) is 5. The monoisotopic (exact) mass is 426 g/mol. The van der Waals surface area contributed by atoms with Crippen molar-refractivity contribution in [3.8, 4) is 11.5 Å². The highest BCUT2D eigenvalue weighted by Gasteiger charge is 2.67. The van der Waals surface area contributed by atoms with E-state index in [-0.39, 0.29) is 17.9 Å². The molecule has 0 aromatic heterocycles. The predicted octanol–water partition coefficient (Wildman–Crippen LogP) is 2.09. The first-order valence-electron chi connectivity index (χ1n) is 11.2. The van der Waals surface area contributed by atoms with Crippen LogP contribution in [0.3, 0.4) is 0 Å². The van der Waals surface area contributed by atoms with E-state index >= 15 is 0 Å². The van der Waals surface area contributed by atoms with Crippen LogP contribution in [0.25, 0.3) is 0 Å². The quantitative estimate of drug-likeness (QED) is 0.676. The third-order valence-corrected chi connectivity index (χ3v) is 7.36. The van der Waals surface area contributed by atoms with E-state index in [0.29, 0.717) is 37.1 Å². The molecule has 7 nitrogen and oxygen atoms in total. The molecule has 2 saturated heterocycles. The smallest absolute Gasteiger partial charge is 0.230 e. The second-order valence-electron chi connectivity index (χ2n) is 9.03. The van der Waals surface area contributed by atoms with Crippen LogP contribution in [0.2, 0.25) is 0 Å². The Bertz CT molecular complexity index is 909. The molecule has 0 unspecified atom stereocenters. The fourth-order valence-corrected chi connectivity index (χ4v) is 5.84. The minimum Gasteiger partial charge on any atom is -0.493 e. The molecule has 5 rings (SSSR count). The molecule has 2 amide bonds. The average Bonchev–Trinajstić information content (AvgIpc) is 3.55. The minimum atomic E-state index is -0.615. The third kappa shape index (κ3) is 3.30. The third-order valence-electron chi connectivity index (χ3n) is 7.36. The molecule has 1 N–H and O–H groups in total. The van der Waals surface area contributed by atoms with Crippen LogP contribution in [0.15, 0.2) is 30.4 Å². The molecule has 4 aliphatic rings. The van der Waals surface area contributed by atoms with Gasteiger partial charge in [0.2, 0.25) is 11.8 Å². The van der Waals surface area contributed by atoms with Crippen LogP contribution in [0.4, 0.5) is 0 Å². The molecule has 7 heteroatoms. The Balaban J connectivity index is 1.24. The number of carbonyl (C=O) groups excluding carboxylic acids is 2. The lowest BCUT2D eigenvalue weighted by molar-refractivity contribution is -0.138. The van der Waals surface area contributed by atoms with Crippen molar-refractivity contribution in [2.24, 2.45) is 11.8 Å². The van der Waals surface area contributed by atoms with Crippen LogP contribution in [-0.2, 0) is 20.7 Å². The molecule has 3 heterocycles. The Hall–Kier alpha value is -2.54. The number of hydrogen-bond donors (Lipinski definition) is 1. The fourth-order valence-electron chi connectivity index (χ4n) is 5.84. The number of amides is 2. The minimum absolute atomic E-state index is 0.0941. The van der Waals surface area contributed by atoms with Gasteiger partial charge < -0.3 is 24.4 Å². The molecule has 1 saturated carbocycles. The molecule has 1 spiro atoms. The van der Waals surface area contributed by atoms with Crippen molar-refractivity contribution in [2.75, 3.05) is 27.3 Å². The van der Waals surface area contributed by atoms with Crippen LogP contribution in [0, 0.1) is 11.8 Å². The molecular formula is C24H30N2O5. The van der Waals surface area contributed by atoms with E-state index in [0.717, 1.165) is 18.4 Å². The van der Waals surface area contributed by atoms with Crippen molar-refractivity contribution < 1.29 is 23.8 Å². The van der Waals surface area contributed by atoms with Crippen LogP contribution < -0.4 is 14.8 Å². The zero-order chi connectivity index (χ0) is 21.6. The van der Waals surface area contributed by atoms with E-state index in [4.69, 9.17) is 14.2 Å². The van der Waals surface area contributed by atoms with Crippen LogP contribution in [0.1, 0.15) is 31.2 Å². The second kappa shape index (κ2) is 7.86. The highest BCUT2D eigenvalue weighted by atomic mass is 16.5. The van der Waals surface area contributed by atoms with Gasteiger partial charge in [-0.15, -0.1) is 0 Å². The largest absolute Gasteiger partial charge is 0.493 e. The Morgan fingerprint density at radius 1 is 1.23 bits per heavy atom. The number of likely N-dealkylation sites (tertiary alicyclic amines) is 1. The highest BCUT2D eigenvalue weighted by molar-refractivity contribution is 5.93. The fraction of sp³-hybridized carbons (Fsp3) is 0.583. The highest BCUT2D eigenvalue weighted by Crippen LogP contribution is 2.53. The lowest BCUT2D eigenvalue weighted by atomic mass is 9.77. The summed E-state index contributed by atoms with van der Waals surface area (Å²) in [5.74, 6) is 0.502. The number of rotatable bonds is 7. The molecule has 3 fully saturated rings. The standard InChI is InChI=1S/C24H30N2O5/c1-29-17-8-7-15(13-19(17)30-2)10-12-25-22(27)20-18-9-11-24(31-18)14-26(23(28)21(20)24)16-5-3-4-6-16/h7-9,11,13,16,18,20-21H,3-6,10,12,14H2,1-2H3,(H,25,27)/t18-,20+,21+,24-/m1/s1. The number of benzene rings is 1. The van der Waals surface area contributed by atoms with Crippen molar-refractivity contribution in [1.82, 2.24) is 10.2 Å². The zero-order valence-corrected chi connectivity index (χ0v) is 18.1. The number of ether oxygens (including phenoxy) is 3. The van der Waals surface area contributed by atoms with Crippen molar-refractivity contribution in [3.05, 3.63) is 35.9 Å². The molecule has 31 heavy (non-hydrogen) atoms. The van der Waals surface area contributed by atoms with Crippen molar-refractivity contribution in [1.29, 1.82) is 0 Å². The Kier molecular flexibility index (Phi) is 5.16. The summed E-state index contributed by atoms with van der Waals surface area (Å²) in [7, 11) is 3.21. The first-order valence-corrected chi connectivity index (χ1v) is 11.2. The van der Waals surface area contributed by atoms with E-state index < -0.39 is 17.4 Å². The number of fused-ring (bicyclic) bond motifs is 1. The molecule has 1 aromatic rings. The number of nitrogens with one attached hydrogen (secondary N) is 1. The maximum absolute atomic E-state index is 13.3. The summed E-state index contributed by atoms with van der Waals surface area (Å²) in [5.41, 5.74) is 0.429. The first-order chi connectivity index (χ1) is 15.1. The molecule has 1 aliphatic carbocycles. The number of methoxy groups -OCH3 is 2. The Morgan fingerprint density at radius 2 is 2.00 bits per heavy atom. The van der Waals surface area contributed by atoms with Gasteiger partial charge in [0.15, 0.2) is 11.5 Å². The van der Waals surface area contributed by atoms with Crippen LogP contribution in [-0.4, -0.2) is 61.8 Å². The zero-order valence-electron chi connectivity index (χ0n) is 18.1. The van der Waals surface area contributed by atoms with Crippen LogP contribution >= 0.6 is 0 Å². The van der Waals surface area contributed by atoms with Crippen molar-refractivity contribution in [3.63, 3.8) is 0 Å². The summed E-state index contributed by atoms with van der Waals surface area (Å²) in [6.07, 6.45) is 8.83. The average molecular weight is 427 g/mol. The topological polar surface area (TPSA) is 77.1 Å². The van der Waals surface area contributed by atoms with E-state index in [9.17, 15) is 9.59 Å². The van der Waals surface area contributed by atoms with E-state index in [1.807, 2.05) is 35.3 Å². The van der Waals surface area contributed by atoms with Gasteiger partial charge in [-0.25, -0.2) is 0 Å². The summed E-state index contributed by atoms with van der Waals surface area (Å²) < 4.78 is 16.9.